The molecule has 1 aromatic carbocycles. The summed E-state index contributed by atoms with van der Waals surface area (Å²) in [5, 5.41) is 7.59. The average Bonchev–Trinajstić information content (AvgIpc) is 2.75. The molecule has 0 saturated carbocycles. The third kappa shape index (κ3) is 11.9. The van der Waals surface area contributed by atoms with Crippen molar-refractivity contribution in [3.8, 4) is 12.3 Å². The van der Waals surface area contributed by atoms with Gasteiger partial charge in [-0.1, -0.05) is 44.2 Å². The monoisotopic (exact) mass is 487 g/mol. The molecule has 3 amide bonds. The molecule has 0 aliphatic rings. The van der Waals surface area contributed by atoms with Crippen LogP contribution in [0.3, 0.4) is 0 Å². The van der Waals surface area contributed by atoms with Crippen LogP contribution in [0.5, 0.6) is 0 Å². The molecule has 0 aliphatic heterocycles. The number of carbonyl (C=O) groups excluding carboxylic acids is 4. The number of ether oxygens (including phenoxy) is 2. The zero-order chi connectivity index (χ0) is 26.6. The van der Waals surface area contributed by atoms with Crippen molar-refractivity contribution in [1.82, 2.24) is 16.0 Å². The Kier molecular flexibility index (Phi) is 11.8. The van der Waals surface area contributed by atoms with E-state index in [-0.39, 0.29) is 18.9 Å². The maximum atomic E-state index is 12.8. The van der Waals surface area contributed by atoms with Gasteiger partial charge in [-0.05, 0) is 45.6 Å². The van der Waals surface area contributed by atoms with Crippen LogP contribution in [0, 0.1) is 18.3 Å². The van der Waals surface area contributed by atoms with Crippen molar-refractivity contribution in [3.63, 3.8) is 0 Å². The largest absolute Gasteiger partial charge is 0.459 e. The average molecular weight is 488 g/mol. The maximum Gasteiger partial charge on any atom is 0.408 e. The van der Waals surface area contributed by atoms with Crippen molar-refractivity contribution in [2.45, 2.75) is 84.7 Å². The second-order valence-corrected chi connectivity index (χ2v) is 9.62. The number of alkyl carbamates (subject to hydrolysis) is 1. The second-order valence-electron chi connectivity index (χ2n) is 9.62. The van der Waals surface area contributed by atoms with Crippen molar-refractivity contribution in [3.05, 3.63) is 35.9 Å². The van der Waals surface area contributed by atoms with Crippen LogP contribution >= 0.6 is 0 Å². The van der Waals surface area contributed by atoms with Crippen molar-refractivity contribution in [2.24, 2.45) is 5.92 Å². The van der Waals surface area contributed by atoms with Gasteiger partial charge in [0.05, 0.1) is 0 Å². The van der Waals surface area contributed by atoms with E-state index >= 15 is 0 Å². The Hall–Kier alpha value is -3.54. The zero-order valence-corrected chi connectivity index (χ0v) is 21.3. The summed E-state index contributed by atoms with van der Waals surface area (Å²) in [5.74, 6) is 0.642. The lowest BCUT2D eigenvalue weighted by Crippen LogP contribution is -2.55. The van der Waals surface area contributed by atoms with E-state index in [9.17, 15) is 19.2 Å². The topological polar surface area (TPSA) is 123 Å². The van der Waals surface area contributed by atoms with Crippen LogP contribution in [-0.2, 0) is 30.5 Å². The number of terminal acetylenes is 1. The Balaban J connectivity index is 2.75. The molecule has 0 aromatic heterocycles. The minimum absolute atomic E-state index is 0.0839. The van der Waals surface area contributed by atoms with Gasteiger partial charge in [-0.25, -0.2) is 9.59 Å². The van der Waals surface area contributed by atoms with Crippen LogP contribution in [0.2, 0.25) is 0 Å². The molecule has 35 heavy (non-hydrogen) atoms. The number of benzene rings is 1. The quantitative estimate of drug-likeness (QED) is 0.326. The Morgan fingerprint density at radius 3 is 2.11 bits per heavy atom. The van der Waals surface area contributed by atoms with E-state index in [0.29, 0.717) is 6.42 Å². The van der Waals surface area contributed by atoms with E-state index in [4.69, 9.17) is 15.9 Å². The molecule has 0 radical (unpaired) electrons. The molecule has 1 aromatic rings. The van der Waals surface area contributed by atoms with Gasteiger partial charge in [0, 0.05) is 6.42 Å². The molecule has 9 nitrogen and oxygen atoms in total. The van der Waals surface area contributed by atoms with Gasteiger partial charge >= 0.3 is 12.1 Å². The number of carbonyl (C=O) groups is 4. The summed E-state index contributed by atoms with van der Waals surface area (Å²) in [5.41, 5.74) is 0.0720. The molecular weight excluding hydrogens is 450 g/mol. The Morgan fingerprint density at radius 2 is 1.57 bits per heavy atom. The first-order valence-electron chi connectivity index (χ1n) is 11.6. The molecule has 3 N–H and O–H groups in total. The highest BCUT2D eigenvalue weighted by atomic mass is 16.6. The molecule has 0 heterocycles. The summed E-state index contributed by atoms with van der Waals surface area (Å²) in [4.78, 5) is 50.1. The fourth-order valence-electron chi connectivity index (χ4n) is 2.97. The number of esters is 1. The molecular formula is C26H37N3O6. The Morgan fingerprint density at radius 1 is 0.943 bits per heavy atom. The number of nitrogens with one attached hydrogen (secondary N) is 3. The summed E-state index contributed by atoms with van der Waals surface area (Å²) in [6, 6.07) is 6.23. The van der Waals surface area contributed by atoms with Crippen LogP contribution in [-0.4, -0.2) is 47.6 Å². The second kappa shape index (κ2) is 14.0. The Bertz CT molecular complexity index is 902. The fourth-order valence-corrected chi connectivity index (χ4v) is 2.97. The molecule has 0 unspecified atom stereocenters. The van der Waals surface area contributed by atoms with Gasteiger partial charge in [-0.15, -0.1) is 12.3 Å². The molecule has 0 aliphatic carbocycles. The number of amides is 3. The number of hydrogen-bond donors (Lipinski definition) is 3. The molecule has 9 heteroatoms. The summed E-state index contributed by atoms with van der Waals surface area (Å²) < 4.78 is 10.5. The predicted octanol–water partition coefficient (Wildman–Crippen LogP) is 2.68. The maximum absolute atomic E-state index is 12.8. The lowest BCUT2D eigenvalue weighted by Gasteiger charge is -2.24. The predicted molar refractivity (Wildman–Crippen MR) is 132 cm³/mol. The minimum Gasteiger partial charge on any atom is -0.459 e. The van der Waals surface area contributed by atoms with Gasteiger partial charge < -0.3 is 25.4 Å². The van der Waals surface area contributed by atoms with Crippen LogP contribution in [0.1, 0.15) is 59.9 Å². The van der Waals surface area contributed by atoms with Crippen LogP contribution in [0.25, 0.3) is 0 Å². The number of hydrogen-bond acceptors (Lipinski definition) is 6. The first kappa shape index (κ1) is 29.5. The highest BCUT2D eigenvalue weighted by Gasteiger charge is 2.29. The summed E-state index contributed by atoms with van der Waals surface area (Å²) >= 11 is 0. The molecule has 192 valence electrons. The number of rotatable bonds is 11. The SMILES string of the molecule is C#CC[C@H](NC(=O)OC(C)(C)C)C(=O)N[C@@H](C)C(=O)N[C@@H](CC(C)C)C(=O)OCc1ccccc1. The smallest absolute Gasteiger partial charge is 0.408 e. The summed E-state index contributed by atoms with van der Waals surface area (Å²) in [6.07, 6.45) is 4.79. The van der Waals surface area contributed by atoms with Gasteiger partial charge in [0.1, 0.15) is 30.3 Å². The summed E-state index contributed by atoms with van der Waals surface area (Å²) in [6.45, 7) is 10.5. The Labute approximate surface area is 207 Å². The van der Waals surface area contributed by atoms with Crippen molar-refractivity contribution in [2.75, 3.05) is 0 Å². The van der Waals surface area contributed by atoms with E-state index in [1.54, 1.807) is 20.8 Å². The standard InChI is InChI=1S/C26H37N3O6/c1-8-12-20(29-25(33)35-26(5,6)7)23(31)27-18(4)22(30)28-21(15-17(2)3)24(32)34-16-19-13-10-9-11-14-19/h1,9-11,13-14,17-18,20-21H,12,15-16H2,2-7H3,(H,27,31)(H,28,30)(H,29,33)/t18-,20-,21-/m0/s1. The molecule has 1 rings (SSSR count). The fraction of sp³-hybridized carbons (Fsp3) is 0.538. The van der Waals surface area contributed by atoms with Crippen molar-refractivity contribution < 1.29 is 28.7 Å². The van der Waals surface area contributed by atoms with Crippen molar-refractivity contribution in [1.29, 1.82) is 0 Å². The van der Waals surface area contributed by atoms with Gasteiger partial charge in [-0.3, -0.25) is 9.59 Å². The molecule has 0 saturated heterocycles. The summed E-state index contributed by atoms with van der Waals surface area (Å²) in [7, 11) is 0. The van der Waals surface area contributed by atoms with E-state index in [1.165, 1.54) is 6.92 Å². The molecule has 3 atom stereocenters. The van der Waals surface area contributed by atoms with E-state index in [0.717, 1.165) is 5.56 Å². The van der Waals surface area contributed by atoms with Crippen LogP contribution in [0.15, 0.2) is 30.3 Å². The third-order valence-electron chi connectivity index (χ3n) is 4.61. The lowest BCUT2D eigenvalue weighted by atomic mass is 10.0. The zero-order valence-electron chi connectivity index (χ0n) is 21.3. The molecule has 0 fully saturated rings. The van der Waals surface area contributed by atoms with E-state index in [2.05, 4.69) is 21.9 Å². The molecule has 0 bridgehead atoms. The van der Waals surface area contributed by atoms with Crippen LogP contribution < -0.4 is 16.0 Å². The van der Waals surface area contributed by atoms with Gasteiger partial charge in [-0.2, -0.15) is 0 Å². The van der Waals surface area contributed by atoms with Crippen molar-refractivity contribution >= 4 is 23.9 Å². The van der Waals surface area contributed by atoms with E-state index in [1.807, 2.05) is 44.2 Å². The lowest BCUT2D eigenvalue weighted by molar-refractivity contribution is -0.149. The van der Waals surface area contributed by atoms with Gasteiger partial charge in [0.25, 0.3) is 0 Å². The highest BCUT2D eigenvalue weighted by molar-refractivity contribution is 5.93. The van der Waals surface area contributed by atoms with Gasteiger partial charge in [0.15, 0.2) is 0 Å². The van der Waals surface area contributed by atoms with Crippen LogP contribution in [0.4, 0.5) is 4.79 Å². The normalized spacial score (nSPS) is 13.5. The third-order valence-corrected chi connectivity index (χ3v) is 4.61. The highest BCUT2D eigenvalue weighted by Crippen LogP contribution is 2.10. The first-order valence-corrected chi connectivity index (χ1v) is 11.6. The van der Waals surface area contributed by atoms with E-state index < -0.39 is 47.6 Å². The first-order chi connectivity index (χ1) is 16.3. The van der Waals surface area contributed by atoms with Gasteiger partial charge in [0.2, 0.25) is 11.8 Å². The molecule has 0 spiro atoms. The minimum atomic E-state index is -1.09.